The van der Waals surface area contributed by atoms with Crippen LogP contribution in [0.2, 0.25) is 0 Å². The van der Waals surface area contributed by atoms with Gasteiger partial charge in [-0.3, -0.25) is 9.59 Å². The van der Waals surface area contributed by atoms with E-state index in [0.29, 0.717) is 5.56 Å². The van der Waals surface area contributed by atoms with Crippen LogP contribution in [0.25, 0.3) is 0 Å². The van der Waals surface area contributed by atoms with E-state index in [1.165, 1.54) is 0 Å². The summed E-state index contributed by atoms with van der Waals surface area (Å²) in [5, 5.41) is 5.81. The monoisotopic (exact) mass is 358 g/mol. The summed E-state index contributed by atoms with van der Waals surface area (Å²) in [5.74, 6) is -0.570. The smallest absolute Gasteiger partial charge is 0.252 e. The predicted octanol–water partition coefficient (Wildman–Crippen LogP) is 4.41. The SMILES string of the molecule is Cc1ccc(C)c(NC(=O)C(NC(=O)c2ccccc2)c2ccccc2)c1. The first-order chi connectivity index (χ1) is 13.0. The number of rotatable bonds is 5. The van der Waals surface area contributed by atoms with E-state index in [-0.39, 0.29) is 11.8 Å². The van der Waals surface area contributed by atoms with Crippen molar-refractivity contribution in [3.8, 4) is 0 Å². The molecule has 0 saturated heterocycles. The second-order valence-electron chi connectivity index (χ2n) is 6.49. The van der Waals surface area contributed by atoms with Crippen molar-refractivity contribution >= 4 is 17.5 Å². The molecule has 27 heavy (non-hydrogen) atoms. The minimum absolute atomic E-state index is 0.279. The summed E-state index contributed by atoms with van der Waals surface area (Å²) in [7, 11) is 0. The van der Waals surface area contributed by atoms with Gasteiger partial charge in [-0.25, -0.2) is 0 Å². The standard InChI is InChI=1S/C23H22N2O2/c1-16-13-14-17(2)20(15-16)24-23(27)21(18-9-5-3-6-10-18)25-22(26)19-11-7-4-8-12-19/h3-15,21H,1-2H3,(H,24,27)(H,25,26). The maximum atomic E-state index is 13.0. The maximum absolute atomic E-state index is 13.0. The second kappa shape index (κ2) is 8.32. The zero-order valence-electron chi connectivity index (χ0n) is 15.4. The number of benzene rings is 3. The molecule has 0 aliphatic rings. The van der Waals surface area contributed by atoms with Crippen LogP contribution in [-0.2, 0) is 4.79 Å². The number of hydrogen-bond acceptors (Lipinski definition) is 2. The van der Waals surface area contributed by atoms with Crippen molar-refractivity contribution in [1.29, 1.82) is 0 Å². The van der Waals surface area contributed by atoms with Crippen LogP contribution in [-0.4, -0.2) is 11.8 Å². The summed E-state index contributed by atoms with van der Waals surface area (Å²) in [6.07, 6.45) is 0. The molecule has 0 aromatic heterocycles. The zero-order chi connectivity index (χ0) is 19.2. The van der Waals surface area contributed by atoms with Crippen LogP contribution in [0, 0.1) is 13.8 Å². The Bertz CT molecular complexity index is 937. The Morgan fingerprint density at radius 2 is 1.44 bits per heavy atom. The number of anilines is 1. The van der Waals surface area contributed by atoms with E-state index in [9.17, 15) is 9.59 Å². The van der Waals surface area contributed by atoms with Gasteiger partial charge < -0.3 is 10.6 Å². The van der Waals surface area contributed by atoms with Crippen LogP contribution in [0.5, 0.6) is 0 Å². The van der Waals surface area contributed by atoms with E-state index in [1.54, 1.807) is 24.3 Å². The fraction of sp³-hybridized carbons (Fsp3) is 0.130. The zero-order valence-corrected chi connectivity index (χ0v) is 15.4. The third-order valence-electron chi connectivity index (χ3n) is 4.36. The molecule has 2 amide bonds. The molecule has 3 rings (SSSR count). The van der Waals surface area contributed by atoms with Gasteiger partial charge in [-0.1, -0.05) is 60.7 Å². The van der Waals surface area contributed by atoms with Crippen LogP contribution < -0.4 is 10.6 Å². The molecule has 1 atom stereocenters. The van der Waals surface area contributed by atoms with E-state index in [0.717, 1.165) is 22.4 Å². The molecule has 0 spiro atoms. The normalized spacial score (nSPS) is 11.5. The van der Waals surface area contributed by atoms with Crippen LogP contribution in [0.1, 0.15) is 33.1 Å². The summed E-state index contributed by atoms with van der Waals surface area (Å²) in [5.41, 5.74) is 4.01. The molecule has 2 N–H and O–H groups in total. The molecule has 0 aliphatic carbocycles. The first-order valence-corrected chi connectivity index (χ1v) is 8.83. The van der Waals surface area contributed by atoms with Crippen molar-refractivity contribution in [2.24, 2.45) is 0 Å². The van der Waals surface area contributed by atoms with Gasteiger partial charge in [-0.15, -0.1) is 0 Å². The molecular formula is C23H22N2O2. The predicted molar refractivity (Wildman–Crippen MR) is 108 cm³/mol. The number of nitrogens with one attached hydrogen (secondary N) is 2. The molecule has 3 aromatic carbocycles. The summed E-state index contributed by atoms with van der Waals surface area (Å²) >= 11 is 0. The van der Waals surface area contributed by atoms with Gasteiger partial charge in [0.15, 0.2) is 0 Å². The minimum Gasteiger partial charge on any atom is -0.336 e. The van der Waals surface area contributed by atoms with Gasteiger partial charge in [-0.2, -0.15) is 0 Å². The summed E-state index contributed by atoms with van der Waals surface area (Å²) in [4.78, 5) is 25.6. The highest BCUT2D eigenvalue weighted by Gasteiger charge is 2.23. The molecule has 0 bridgehead atoms. The van der Waals surface area contributed by atoms with Crippen LogP contribution in [0.4, 0.5) is 5.69 Å². The van der Waals surface area contributed by atoms with Crippen LogP contribution in [0.3, 0.4) is 0 Å². The average Bonchev–Trinajstić information content (AvgIpc) is 2.70. The number of carbonyl (C=O) groups excluding carboxylic acids is 2. The van der Waals surface area contributed by atoms with Crippen LogP contribution >= 0.6 is 0 Å². The Morgan fingerprint density at radius 3 is 2.11 bits per heavy atom. The summed E-state index contributed by atoms with van der Waals surface area (Å²) in [6, 6.07) is 23.2. The molecule has 0 saturated carbocycles. The van der Waals surface area contributed by atoms with Crippen molar-refractivity contribution in [1.82, 2.24) is 5.32 Å². The van der Waals surface area contributed by atoms with E-state index in [4.69, 9.17) is 0 Å². The minimum atomic E-state index is -0.793. The van der Waals surface area contributed by atoms with Gasteiger partial charge in [0, 0.05) is 11.3 Å². The lowest BCUT2D eigenvalue weighted by Gasteiger charge is -2.20. The van der Waals surface area contributed by atoms with E-state index in [1.807, 2.05) is 68.4 Å². The van der Waals surface area contributed by atoms with Crippen molar-refractivity contribution in [3.05, 3.63) is 101 Å². The Morgan fingerprint density at radius 1 is 0.815 bits per heavy atom. The van der Waals surface area contributed by atoms with E-state index < -0.39 is 6.04 Å². The van der Waals surface area contributed by atoms with Crippen molar-refractivity contribution in [2.45, 2.75) is 19.9 Å². The summed E-state index contributed by atoms with van der Waals surface area (Å²) in [6.45, 7) is 3.91. The largest absolute Gasteiger partial charge is 0.336 e. The Labute approximate surface area is 159 Å². The highest BCUT2D eigenvalue weighted by Crippen LogP contribution is 2.20. The molecule has 4 heteroatoms. The third kappa shape index (κ3) is 4.61. The number of carbonyl (C=O) groups is 2. The molecule has 136 valence electrons. The lowest BCUT2D eigenvalue weighted by Crippen LogP contribution is -2.37. The number of hydrogen-bond donors (Lipinski definition) is 2. The van der Waals surface area contributed by atoms with E-state index in [2.05, 4.69) is 10.6 Å². The van der Waals surface area contributed by atoms with Gasteiger partial charge in [0.1, 0.15) is 6.04 Å². The molecular weight excluding hydrogens is 336 g/mol. The fourth-order valence-electron chi connectivity index (χ4n) is 2.83. The third-order valence-corrected chi connectivity index (χ3v) is 4.36. The van der Waals surface area contributed by atoms with Gasteiger partial charge in [0.25, 0.3) is 11.8 Å². The van der Waals surface area contributed by atoms with Gasteiger partial charge in [0.05, 0.1) is 0 Å². The van der Waals surface area contributed by atoms with Crippen molar-refractivity contribution < 1.29 is 9.59 Å². The molecule has 0 heterocycles. The molecule has 3 aromatic rings. The summed E-state index contributed by atoms with van der Waals surface area (Å²) < 4.78 is 0. The second-order valence-corrected chi connectivity index (χ2v) is 6.49. The molecule has 4 nitrogen and oxygen atoms in total. The van der Waals surface area contributed by atoms with Gasteiger partial charge in [-0.05, 0) is 48.7 Å². The van der Waals surface area contributed by atoms with Crippen molar-refractivity contribution in [3.63, 3.8) is 0 Å². The molecule has 0 radical (unpaired) electrons. The van der Waals surface area contributed by atoms with E-state index >= 15 is 0 Å². The number of amides is 2. The lowest BCUT2D eigenvalue weighted by atomic mass is 10.0. The highest BCUT2D eigenvalue weighted by molar-refractivity contribution is 6.01. The Balaban J connectivity index is 1.87. The Hall–Kier alpha value is -3.40. The highest BCUT2D eigenvalue weighted by atomic mass is 16.2. The topological polar surface area (TPSA) is 58.2 Å². The Kier molecular flexibility index (Phi) is 5.67. The fourth-order valence-corrected chi connectivity index (χ4v) is 2.83. The van der Waals surface area contributed by atoms with Crippen molar-refractivity contribution in [2.75, 3.05) is 5.32 Å². The molecule has 0 fully saturated rings. The first kappa shape index (κ1) is 18.4. The number of aryl methyl sites for hydroxylation is 2. The van der Waals surface area contributed by atoms with Gasteiger partial charge in [0.2, 0.25) is 0 Å². The van der Waals surface area contributed by atoms with Gasteiger partial charge >= 0.3 is 0 Å². The quantitative estimate of drug-likeness (QED) is 0.710. The first-order valence-electron chi connectivity index (χ1n) is 8.83. The van der Waals surface area contributed by atoms with Crippen LogP contribution in [0.15, 0.2) is 78.9 Å². The molecule has 0 aliphatic heterocycles. The average molecular weight is 358 g/mol. The molecule has 1 unspecified atom stereocenters. The lowest BCUT2D eigenvalue weighted by molar-refractivity contribution is -0.118. The maximum Gasteiger partial charge on any atom is 0.252 e.